The molecule has 0 aliphatic heterocycles. The summed E-state index contributed by atoms with van der Waals surface area (Å²) in [5, 5.41) is 20.2. The van der Waals surface area contributed by atoms with E-state index in [2.05, 4.69) is 39.2 Å². The average Bonchev–Trinajstić information content (AvgIpc) is 3.00. The maximum atomic E-state index is 10.2. The van der Waals surface area contributed by atoms with E-state index < -0.39 is 11.7 Å². The van der Waals surface area contributed by atoms with Crippen LogP contribution in [0.1, 0.15) is 91.9 Å². The standard InChI is InChI=1S/C28H44O2/c1-19(9-7-15-27(4,5)30)24-13-14-25-22(10-8-16-28(24,25)6)11-12-23-18-26(29)21(3)17-20(23)2/h11-12,19,24-26,29-30H,2-3,7-10,13-18H2,1,4-6H3/b22-11+,23-12-/t19-,24+,25-,26+,28+/m0/s1. The van der Waals surface area contributed by atoms with Crippen LogP contribution in [0.2, 0.25) is 0 Å². The summed E-state index contributed by atoms with van der Waals surface area (Å²) in [6.45, 7) is 17.0. The molecule has 0 heterocycles. The predicted octanol–water partition coefficient (Wildman–Crippen LogP) is 6.90. The molecule has 0 aromatic carbocycles. The van der Waals surface area contributed by atoms with Gasteiger partial charge < -0.3 is 10.2 Å². The first-order valence-corrected chi connectivity index (χ1v) is 12.2. The van der Waals surface area contributed by atoms with Gasteiger partial charge in [0.05, 0.1) is 11.7 Å². The molecule has 3 rings (SSSR count). The maximum absolute atomic E-state index is 10.2. The number of fused-ring (bicyclic) bond motifs is 1. The molecule has 0 unspecified atom stereocenters. The van der Waals surface area contributed by atoms with E-state index in [1.165, 1.54) is 44.1 Å². The fourth-order valence-electron chi connectivity index (χ4n) is 6.67. The molecule has 0 radical (unpaired) electrons. The fourth-order valence-corrected chi connectivity index (χ4v) is 6.67. The van der Waals surface area contributed by atoms with Crippen molar-refractivity contribution in [1.82, 2.24) is 0 Å². The van der Waals surface area contributed by atoms with Gasteiger partial charge in [-0.25, -0.2) is 0 Å². The van der Waals surface area contributed by atoms with Gasteiger partial charge in [0.1, 0.15) is 0 Å². The van der Waals surface area contributed by atoms with Crippen molar-refractivity contribution in [3.05, 3.63) is 47.6 Å². The van der Waals surface area contributed by atoms with Crippen LogP contribution < -0.4 is 0 Å². The van der Waals surface area contributed by atoms with E-state index in [1.54, 1.807) is 5.57 Å². The van der Waals surface area contributed by atoms with Crippen molar-refractivity contribution in [2.24, 2.45) is 23.2 Å². The molecular formula is C28H44O2. The second-order valence-corrected chi connectivity index (χ2v) is 11.4. The second-order valence-electron chi connectivity index (χ2n) is 11.4. The summed E-state index contributed by atoms with van der Waals surface area (Å²) < 4.78 is 0. The highest BCUT2D eigenvalue weighted by Crippen LogP contribution is 2.60. The third-order valence-corrected chi connectivity index (χ3v) is 8.45. The number of rotatable bonds is 6. The molecule has 0 aromatic heterocycles. The molecule has 168 valence electrons. The molecule has 2 heteroatoms. The van der Waals surface area contributed by atoms with E-state index in [1.807, 2.05) is 13.8 Å². The first kappa shape index (κ1) is 23.5. The minimum atomic E-state index is -0.543. The van der Waals surface area contributed by atoms with Crippen LogP contribution in [0.5, 0.6) is 0 Å². The minimum absolute atomic E-state index is 0.411. The Morgan fingerprint density at radius 2 is 1.97 bits per heavy atom. The molecule has 0 spiro atoms. The van der Waals surface area contributed by atoms with Gasteiger partial charge in [0.2, 0.25) is 0 Å². The lowest BCUT2D eigenvalue weighted by atomic mass is 9.60. The van der Waals surface area contributed by atoms with E-state index in [9.17, 15) is 10.2 Å². The Labute approximate surface area is 184 Å². The van der Waals surface area contributed by atoms with Crippen LogP contribution >= 0.6 is 0 Å². The van der Waals surface area contributed by atoms with Crippen LogP contribution in [0, 0.1) is 23.2 Å². The molecular weight excluding hydrogens is 368 g/mol. The zero-order valence-electron chi connectivity index (χ0n) is 19.8. The third-order valence-electron chi connectivity index (χ3n) is 8.45. The number of hydrogen-bond donors (Lipinski definition) is 2. The van der Waals surface area contributed by atoms with Crippen LogP contribution in [0.3, 0.4) is 0 Å². The van der Waals surface area contributed by atoms with E-state index in [0.717, 1.165) is 42.2 Å². The second kappa shape index (κ2) is 9.17. The van der Waals surface area contributed by atoms with Crippen molar-refractivity contribution < 1.29 is 10.2 Å². The molecule has 3 aliphatic rings. The third kappa shape index (κ3) is 5.19. The van der Waals surface area contributed by atoms with Gasteiger partial charge >= 0.3 is 0 Å². The Balaban J connectivity index is 1.69. The number of hydrogen-bond acceptors (Lipinski definition) is 2. The molecule has 0 aromatic rings. The SMILES string of the molecule is C=C1CC(=C)[C@H](O)C/C1=C/C=C1\CCC[C@]2(C)[C@@H]([C@@H](C)CCCC(C)(C)O)CC[C@@H]12. The predicted molar refractivity (Wildman–Crippen MR) is 127 cm³/mol. The van der Waals surface area contributed by atoms with Crippen molar-refractivity contribution in [3.63, 3.8) is 0 Å². The smallest absolute Gasteiger partial charge is 0.0791 e. The van der Waals surface area contributed by atoms with Gasteiger partial charge in [0.15, 0.2) is 0 Å². The number of allylic oxidation sites excluding steroid dienone is 4. The zero-order valence-corrected chi connectivity index (χ0v) is 19.8. The summed E-state index contributed by atoms with van der Waals surface area (Å²) in [5.41, 5.74) is 4.70. The van der Waals surface area contributed by atoms with Gasteiger partial charge in [-0.1, -0.05) is 57.6 Å². The lowest BCUT2D eigenvalue weighted by Gasteiger charge is -2.44. The first-order valence-electron chi connectivity index (χ1n) is 12.2. The molecule has 3 fully saturated rings. The van der Waals surface area contributed by atoms with Crippen molar-refractivity contribution in [2.45, 2.75) is 104 Å². The summed E-state index contributed by atoms with van der Waals surface area (Å²) >= 11 is 0. The molecule has 3 saturated carbocycles. The number of aliphatic hydroxyl groups excluding tert-OH is 1. The van der Waals surface area contributed by atoms with Gasteiger partial charge in [0, 0.05) is 6.42 Å². The minimum Gasteiger partial charge on any atom is -0.390 e. The average molecular weight is 413 g/mol. The molecule has 0 saturated heterocycles. The Hall–Kier alpha value is -1.12. The number of aliphatic hydroxyl groups is 2. The largest absolute Gasteiger partial charge is 0.390 e. The Kier molecular flexibility index (Phi) is 7.19. The Morgan fingerprint density at radius 1 is 1.23 bits per heavy atom. The molecule has 30 heavy (non-hydrogen) atoms. The molecule has 3 aliphatic carbocycles. The highest BCUT2D eigenvalue weighted by Gasteiger charge is 2.50. The van der Waals surface area contributed by atoms with Crippen LogP contribution in [0.25, 0.3) is 0 Å². The highest BCUT2D eigenvalue weighted by molar-refractivity contribution is 5.41. The quantitative estimate of drug-likeness (QED) is 0.466. The van der Waals surface area contributed by atoms with Crippen molar-refractivity contribution >= 4 is 0 Å². The van der Waals surface area contributed by atoms with Gasteiger partial charge in [-0.3, -0.25) is 0 Å². The van der Waals surface area contributed by atoms with Crippen LogP contribution in [-0.4, -0.2) is 21.9 Å². The summed E-state index contributed by atoms with van der Waals surface area (Å²) in [6, 6.07) is 0. The molecule has 2 N–H and O–H groups in total. The fraction of sp³-hybridized carbons (Fsp3) is 0.714. The normalized spacial score (nSPS) is 36.4. The van der Waals surface area contributed by atoms with Crippen LogP contribution in [0.4, 0.5) is 0 Å². The topological polar surface area (TPSA) is 40.5 Å². The molecule has 5 atom stereocenters. The maximum Gasteiger partial charge on any atom is 0.0791 e. The van der Waals surface area contributed by atoms with Crippen LogP contribution in [0.15, 0.2) is 47.6 Å². The first-order chi connectivity index (χ1) is 14.0. The van der Waals surface area contributed by atoms with Crippen molar-refractivity contribution in [3.8, 4) is 0 Å². The van der Waals surface area contributed by atoms with Crippen molar-refractivity contribution in [1.29, 1.82) is 0 Å². The Morgan fingerprint density at radius 3 is 2.67 bits per heavy atom. The molecule has 0 bridgehead atoms. The van der Waals surface area contributed by atoms with Crippen LogP contribution in [-0.2, 0) is 0 Å². The summed E-state index contributed by atoms with van der Waals surface area (Å²) in [6.07, 6.45) is 15.3. The lowest BCUT2D eigenvalue weighted by Crippen LogP contribution is -2.36. The van der Waals surface area contributed by atoms with E-state index in [-0.39, 0.29) is 0 Å². The summed E-state index contributed by atoms with van der Waals surface area (Å²) in [4.78, 5) is 0. The van der Waals surface area contributed by atoms with E-state index in [4.69, 9.17) is 0 Å². The zero-order chi connectivity index (χ0) is 22.1. The van der Waals surface area contributed by atoms with Gasteiger partial charge in [0.25, 0.3) is 0 Å². The summed E-state index contributed by atoms with van der Waals surface area (Å²) in [5.74, 6) is 2.20. The van der Waals surface area contributed by atoms with Gasteiger partial charge in [-0.05, 0) is 98.7 Å². The van der Waals surface area contributed by atoms with Crippen molar-refractivity contribution in [2.75, 3.05) is 0 Å². The monoisotopic (exact) mass is 412 g/mol. The molecule has 2 nitrogen and oxygen atoms in total. The van der Waals surface area contributed by atoms with Gasteiger partial charge in [-0.2, -0.15) is 0 Å². The highest BCUT2D eigenvalue weighted by atomic mass is 16.3. The lowest BCUT2D eigenvalue weighted by molar-refractivity contribution is 0.0596. The molecule has 0 amide bonds. The van der Waals surface area contributed by atoms with E-state index in [0.29, 0.717) is 17.8 Å². The Bertz CT molecular complexity index is 719. The summed E-state index contributed by atoms with van der Waals surface area (Å²) in [7, 11) is 0. The van der Waals surface area contributed by atoms with Gasteiger partial charge in [-0.15, -0.1) is 0 Å². The van der Waals surface area contributed by atoms with E-state index >= 15 is 0 Å².